The Hall–Kier alpha value is -1.86. The van der Waals surface area contributed by atoms with Crippen LogP contribution in [0.5, 0.6) is 0 Å². The van der Waals surface area contributed by atoms with E-state index in [1.54, 1.807) is 6.26 Å². The summed E-state index contributed by atoms with van der Waals surface area (Å²) in [5.74, 6) is 0.958. The van der Waals surface area contributed by atoms with Crippen LogP contribution in [0.15, 0.2) is 16.7 Å². The van der Waals surface area contributed by atoms with Crippen molar-refractivity contribution in [3.8, 4) is 0 Å². The Morgan fingerprint density at radius 2 is 2.04 bits per heavy atom. The van der Waals surface area contributed by atoms with Crippen LogP contribution in [0.4, 0.5) is 0 Å². The number of hydrogen-bond acceptors (Lipinski definition) is 5. The molecule has 148 valence electrons. The Morgan fingerprint density at radius 1 is 1.22 bits per heavy atom. The molecule has 5 rings (SSSR count). The lowest BCUT2D eigenvalue weighted by atomic mass is 9.94. The number of carbonyl (C=O) groups is 2. The predicted molar refractivity (Wildman–Crippen MR) is 99.2 cm³/mol. The first kappa shape index (κ1) is 18.5. The van der Waals surface area contributed by atoms with Crippen LogP contribution < -0.4 is 0 Å². The van der Waals surface area contributed by atoms with Crippen LogP contribution in [0.1, 0.15) is 42.3 Å². The Morgan fingerprint density at radius 3 is 2.81 bits per heavy atom. The number of piperidine rings is 1. The Balaban J connectivity index is 1.43. The van der Waals surface area contributed by atoms with Gasteiger partial charge in [0, 0.05) is 38.8 Å². The highest BCUT2D eigenvalue weighted by atomic mass is 16.5. The molecule has 0 aromatic carbocycles. The van der Waals surface area contributed by atoms with Crippen LogP contribution in [0.3, 0.4) is 0 Å². The van der Waals surface area contributed by atoms with E-state index in [9.17, 15) is 9.59 Å². The van der Waals surface area contributed by atoms with Crippen molar-refractivity contribution in [3.05, 3.63) is 23.7 Å². The van der Waals surface area contributed by atoms with E-state index in [1.165, 1.54) is 0 Å². The van der Waals surface area contributed by atoms with E-state index in [2.05, 4.69) is 11.8 Å². The van der Waals surface area contributed by atoms with Gasteiger partial charge in [-0.25, -0.2) is 0 Å². The van der Waals surface area contributed by atoms with Crippen LogP contribution in [0, 0.1) is 5.92 Å². The van der Waals surface area contributed by atoms with Gasteiger partial charge in [-0.05, 0) is 25.3 Å². The standard InChI is InChI=1S/C20H29N3O4/c1-2-5-23-17-4-3-15(20(23)25)11-22(12-17)19(24)16-10-18(27-14-16)13-21-6-8-26-9-7-21/h10,14-15,17H,2-9,11-13H2,1H3/t15-,17+/m1/s1. The second-order valence-corrected chi connectivity index (χ2v) is 7.86. The van der Waals surface area contributed by atoms with Gasteiger partial charge < -0.3 is 19.0 Å². The molecule has 7 nitrogen and oxygen atoms in total. The van der Waals surface area contributed by atoms with Gasteiger partial charge in [0.15, 0.2) is 0 Å². The van der Waals surface area contributed by atoms with Crippen LogP contribution in [0.25, 0.3) is 0 Å². The molecule has 5 heterocycles. The zero-order valence-electron chi connectivity index (χ0n) is 16.1. The van der Waals surface area contributed by atoms with Crippen molar-refractivity contribution < 1.29 is 18.7 Å². The van der Waals surface area contributed by atoms with E-state index in [4.69, 9.17) is 9.15 Å². The maximum Gasteiger partial charge on any atom is 0.257 e. The highest BCUT2D eigenvalue weighted by molar-refractivity contribution is 5.95. The first-order valence-corrected chi connectivity index (χ1v) is 10.1. The fourth-order valence-electron chi connectivity index (χ4n) is 4.48. The van der Waals surface area contributed by atoms with Gasteiger partial charge in [0.25, 0.3) is 5.91 Å². The molecule has 0 N–H and O–H groups in total. The van der Waals surface area contributed by atoms with Crippen LogP contribution in [-0.2, 0) is 16.1 Å². The van der Waals surface area contributed by atoms with Crippen molar-refractivity contribution in [1.29, 1.82) is 0 Å². The molecule has 0 saturated carbocycles. The van der Waals surface area contributed by atoms with E-state index in [-0.39, 0.29) is 23.8 Å². The maximum atomic E-state index is 13.1. The molecule has 2 amide bonds. The number of furan rings is 1. The van der Waals surface area contributed by atoms with Crippen molar-refractivity contribution in [1.82, 2.24) is 14.7 Å². The minimum Gasteiger partial charge on any atom is -0.467 e. The first-order valence-electron chi connectivity index (χ1n) is 10.1. The lowest BCUT2D eigenvalue weighted by Gasteiger charge is -2.35. The molecule has 0 aliphatic carbocycles. The molecule has 7 heteroatoms. The van der Waals surface area contributed by atoms with E-state index in [1.807, 2.05) is 15.9 Å². The smallest absolute Gasteiger partial charge is 0.257 e. The molecule has 4 aliphatic heterocycles. The topological polar surface area (TPSA) is 66.2 Å². The highest BCUT2D eigenvalue weighted by Crippen LogP contribution is 2.30. The molecule has 4 saturated heterocycles. The second kappa shape index (κ2) is 8.02. The summed E-state index contributed by atoms with van der Waals surface area (Å²) < 4.78 is 11.0. The van der Waals surface area contributed by atoms with Crippen molar-refractivity contribution in [3.63, 3.8) is 0 Å². The van der Waals surface area contributed by atoms with Crippen LogP contribution in [0.2, 0.25) is 0 Å². The largest absolute Gasteiger partial charge is 0.467 e. The van der Waals surface area contributed by atoms with Crippen molar-refractivity contribution in [2.45, 2.75) is 38.8 Å². The number of ether oxygens (including phenoxy) is 1. The van der Waals surface area contributed by atoms with Gasteiger partial charge in [-0.1, -0.05) is 6.92 Å². The van der Waals surface area contributed by atoms with Crippen molar-refractivity contribution >= 4 is 11.8 Å². The average Bonchev–Trinajstić information content (AvgIpc) is 2.97. The molecule has 1 aromatic rings. The summed E-state index contributed by atoms with van der Waals surface area (Å²) in [6, 6.07) is 2.01. The Kier molecular flexibility index (Phi) is 5.50. The van der Waals surface area contributed by atoms with Gasteiger partial charge in [-0.15, -0.1) is 0 Å². The molecule has 0 unspecified atom stereocenters. The summed E-state index contributed by atoms with van der Waals surface area (Å²) in [4.78, 5) is 31.9. The number of amides is 2. The lowest BCUT2D eigenvalue weighted by Crippen LogP contribution is -2.48. The molecule has 0 spiro atoms. The summed E-state index contributed by atoms with van der Waals surface area (Å²) in [7, 11) is 0. The fourth-order valence-corrected chi connectivity index (χ4v) is 4.48. The molecule has 4 fully saturated rings. The molecular formula is C20H29N3O4. The van der Waals surface area contributed by atoms with Crippen LogP contribution in [-0.4, -0.2) is 78.5 Å². The lowest BCUT2D eigenvalue weighted by molar-refractivity contribution is -0.139. The number of carbonyl (C=O) groups excluding carboxylic acids is 2. The van der Waals surface area contributed by atoms with E-state index in [0.29, 0.717) is 25.2 Å². The minimum atomic E-state index is -0.0565. The van der Waals surface area contributed by atoms with Gasteiger partial charge in [-0.3, -0.25) is 14.5 Å². The van der Waals surface area contributed by atoms with E-state index >= 15 is 0 Å². The van der Waals surface area contributed by atoms with Gasteiger partial charge in [0.05, 0.1) is 31.2 Å². The summed E-state index contributed by atoms with van der Waals surface area (Å²) in [6.07, 6.45) is 4.40. The Labute approximate surface area is 160 Å². The third kappa shape index (κ3) is 3.89. The molecule has 0 radical (unpaired) electrons. The molecule has 2 bridgehead atoms. The second-order valence-electron chi connectivity index (χ2n) is 7.86. The van der Waals surface area contributed by atoms with Crippen LogP contribution >= 0.6 is 0 Å². The fraction of sp³-hybridized carbons (Fsp3) is 0.700. The number of nitrogens with zero attached hydrogens (tertiary/aromatic N) is 3. The molecule has 2 atom stereocenters. The van der Waals surface area contributed by atoms with Crippen molar-refractivity contribution in [2.24, 2.45) is 5.92 Å². The summed E-state index contributed by atoms with van der Waals surface area (Å²) in [6.45, 7) is 7.99. The number of rotatable bonds is 5. The normalized spacial score (nSPS) is 26.5. The zero-order valence-corrected chi connectivity index (χ0v) is 16.1. The van der Waals surface area contributed by atoms with Crippen molar-refractivity contribution in [2.75, 3.05) is 45.9 Å². The number of morpholine rings is 1. The molecular weight excluding hydrogens is 346 g/mol. The zero-order chi connectivity index (χ0) is 18.8. The monoisotopic (exact) mass is 375 g/mol. The summed E-state index contributed by atoms with van der Waals surface area (Å²) >= 11 is 0. The SMILES string of the molecule is CCCN1C(=O)[C@@H]2CC[C@H]1CN(C(=O)c1coc(CN3CCOCC3)c1)C2. The summed E-state index contributed by atoms with van der Waals surface area (Å²) in [5.41, 5.74) is 0.592. The third-order valence-electron chi connectivity index (χ3n) is 5.93. The molecule has 1 aromatic heterocycles. The number of hydrogen-bond donors (Lipinski definition) is 0. The Bertz CT molecular complexity index is 683. The summed E-state index contributed by atoms with van der Waals surface area (Å²) in [5, 5.41) is 0. The third-order valence-corrected chi connectivity index (χ3v) is 5.93. The minimum absolute atomic E-state index is 0.0185. The highest BCUT2D eigenvalue weighted by Gasteiger charge is 2.41. The molecule has 4 aliphatic rings. The average molecular weight is 375 g/mol. The quantitative estimate of drug-likeness (QED) is 0.782. The van der Waals surface area contributed by atoms with E-state index < -0.39 is 0 Å². The predicted octanol–water partition coefficient (Wildman–Crippen LogP) is 1.58. The van der Waals surface area contributed by atoms with Gasteiger partial charge >= 0.3 is 0 Å². The number of fused-ring (bicyclic) bond motifs is 4. The van der Waals surface area contributed by atoms with Gasteiger partial charge in [-0.2, -0.15) is 0 Å². The molecule has 27 heavy (non-hydrogen) atoms. The first-order chi connectivity index (χ1) is 13.2. The maximum absolute atomic E-state index is 13.1. The van der Waals surface area contributed by atoms with E-state index in [0.717, 1.165) is 57.9 Å². The van der Waals surface area contributed by atoms with Gasteiger partial charge in [0.1, 0.15) is 12.0 Å². The van der Waals surface area contributed by atoms with Gasteiger partial charge in [0.2, 0.25) is 5.91 Å².